The molecule has 0 spiro atoms. The van der Waals surface area contributed by atoms with Crippen molar-refractivity contribution < 1.29 is 0 Å². The Balaban J connectivity index is 2.50. The first kappa shape index (κ1) is 13.8. The maximum absolute atomic E-state index is 5.97. The van der Waals surface area contributed by atoms with Gasteiger partial charge in [0, 0.05) is 25.0 Å². The highest BCUT2D eigenvalue weighted by Gasteiger charge is 2.12. The molecule has 0 amide bonds. The largest absolute Gasteiger partial charge is 0.359 e. The second kappa shape index (κ2) is 6.02. The van der Waals surface area contributed by atoms with E-state index >= 15 is 0 Å². The van der Waals surface area contributed by atoms with Crippen LogP contribution < -0.4 is 10.6 Å². The van der Waals surface area contributed by atoms with Crippen LogP contribution in [0.15, 0.2) is 30.3 Å². The number of fused-ring (bicyclic) bond motifs is 1. The molecule has 1 aromatic carbocycles. The molecule has 1 atom stereocenters. The summed E-state index contributed by atoms with van der Waals surface area (Å²) in [5, 5.41) is 1.19. The Labute approximate surface area is 115 Å². The molecule has 1 aromatic heterocycles. The van der Waals surface area contributed by atoms with E-state index in [1.54, 1.807) is 0 Å². The summed E-state index contributed by atoms with van der Waals surface area (Å²) in [4.78, 5) is 7.04. The minimum Gasteiger partial charge on any atom is -0.359 e. The summed E-state index contributed by atoms with van der Waals surface area (Å²) in [6.45, 7) is 5.23. The van der Waals surface area contributed by atoms with Gasteiger partial charge in [-0.15, -0.1) is 0 Å². The van der Waals surface area contributed by atoms with Crippen molar-refractivity contribution >= 4 is 16.7 Å². The molecule has 102 valence electrons. The standard InChI is InChI=1S/C16H23N3/c1-4-9-19(3)16-14(10-12(2)17)11-13-7-5-6-8-15(13)18-16/h5-8,11-12H,4,9-10,17H2,1-3H3. The van der Waals surface area contributed by atoms with E-state index < -0.39 is 0 Å². The Morgan fingerprint density at radius 1 is 1.32 bits per heavy atom. The molecule has 1 heterocycles. The van der Waals surface area contributed by atoms with E-state index in [4.69, 9.17) is 10.7 Å². The smallest absolute Gasteiger partial charge is 0.132 e. The highest BCUT2D eigenvalue weighted by molar-refractivity contribution is 5.81. The third kappa shape index (κ3) is 3.24. The molecular weight excluding hydrogens is 234 g/mol. The number of hydrogen-bond donors (Lipinski definition) is 1. The highest BCUT2D eigenvalue weighted by atomic mass is 15.2. The molecule has 2 N–H and O–H groups in total. The first-order chi connectivity index (χ1) is 9.11. The Morgan fingerprint density at radius 2 is 2.05 bits per heavy atom. The van der Waals surface area contributed by atoms with Crippen molar-refractivity contribution in [3.05, 3.63) is 35.9 Å². The zero-order valence-electron chi connectivity index (χ0n) is 12.1. The number of pyridine rings is 1. The second-order valence-electron chi connectivity index (χ2n) is 5.27. The van der Waals surface area contributed by atoms with Gasteiger partial charge in [-0.1, -0.05) is 25.1 Å². The molecule has 0 saturated heterocycles. The van der Waals surface area contributed by atoms with E-state index in [-0.39, 0.29) is 6.04 Å². The fraction of sp³-hybridized carbons (Fsp3) is 0.438. The maximum atomic E-state index is 5.97. The Kier molecular flexibility index (Phi) is 4.38. The number of aromatic nitrogens is 1. The van der Waals surface area contributed by atoms with Gasteiger partial charge < -0.3 is 10.6 Å². The highest BCUT2D eigenvalue weighted by Crippen LogP contribution is 2.24. The van der Waals surface area contributed by atoms with Gasteiger partial charge in [0.25, 0.3) is 0 Å². The number of benzene rings is 1. The minimum atomic E-state index is 0.150. The van der Waals surface area contributed by atoms with Gasteiger partial charge in [0.2, 0.25) is 0 Å². The molecular formula is C16H23N3. The van der Waals surface area contributed by atoms with E-state index in [0.29, 0.717) is 0 Å². The van der Waals surface area contributed by atoms with E-state index in [1.165, 1.54) is 10.9 Å². The van der Waals surface area contributed by atoms with Crippen molar-refractivity contribution in [1.29, 1.82) is 0 Å². The summed E-state index contributed by atoms with van der Waals surface area (Å²) >= 11 is 0. The molecule has 0 bridgehead atoms. The van der Waals surface area contributed by atoms with Gasteiger partial charge in [0.05, 0.1) is 5.52 Å². The zero-order chi connectivity index (χ0) is 13.8. The van der Waals surface area contributed by atoms with E-state index in [1.807, 2.05) is 13.0 Å². The van der Waals surface area contributed by atoms with Crippen LogP contribution in [0.5, 0.6) is 0 Å². The lowest BCUT2D eigenvalue weighted by atomic mass is 10.1. The molecule has 2 aromatic rings. The molecule has 0 saturated carbocycles. The summed E-state index contributed by atoms with van der Waals surface area (Å²) in [7, 11) is 2.10. The number of hydrogen-bond acceptors (Lipinski definition) is 3. The fourth-order valence-electron chi connectivity index (χ4n) is 2.42. The van der Waals surface area contributed by atoms with Crippen LogP contribution >= 0.6 is 0 Å². The zero-order valence-corrected chi connectivity index (χ0v) is 12.1. The average molecular weight is 257 g/mol. The fourth-order valence-corrected chi connectivity index (χ4v) is 2.42. The van der Waals surface area contributed by atoms with Gasteiger partial charge in [-0.3, -0.25) is 0 Å². The average Bonchev–Trinajstić information content (AvgIpc) is 2.37. The van der Waals surface area contributed by atoms with Crippen LogP contribution in [0.25, 0.3) is 10.9 Å². The molecule has 3 nitrogen and oxygen atoms in total. The second-order valence-corrected chi connectivity index (χ2v) is 5.27. The number of anilines is 1. The number of nitrogens with zero attached hydrogens (tertiary/aromatic N) is 2. The van der Waals surface area contributed by atoms with Crippen LogP contribution in [0.3, 0.4) is 0 Å². The minimum absolute atomic E-state index is 0.150. The Morgan fingerprint density at radius 3 is 2.74 bits per heavy atom. The first-order valence-electron chi connectivity index (χ1n) is 6.97. The lowest BCUT2D eigenvalue weighted by molar-refractivity contribution is 0.730. The van der Waals surface area contributed by atoms with E-state index in [0.717, 1.165) is 30.7 Å². The summed E-state index contributed by atoms with van der Waals surface area (Å²) in [6, 6.07) is 10.6. The summed E-state index contributed by atoms with van der Waals surface area (Å²) in [5.41, 5.74) is 8.26. The molecule has 0 aliphatic carbocycles. The first-order valence-corrected chi connectivity index (χ1v) is 6.97. The molecule has 0 fully saturated rings. The van der Waals surface area contributed by atoms with Crippen molar-refractivity contribution in [1.82, 2.24) is 4.98 Å². The van der Waals surface area contributed by atoms with Crippen molar-refractivity contribution in [3.63, 3.8) is 0 Å². The third-order valence-electron chi connectivity index (χ3n) is 3.24. The molecule has 3 heteroatoms. The quantitative estimate of drug-likeness (QED) is 0.895. The number of nitrogens with two attached hydrogens (primary N) is 1. The van der Waals surface area contributed by atoms with Gasteiger partial charge in [0.1, 0.15) is 5.82 Å². The summed E-state index contributed by atoms with van der Waals surface area (Å²) < 4.78 is 0. The topological polar surface area (TPSA) is 42.2 Å². The molecule has 0 aliphatic rings. The molecule has 1 unspecified atom stereocenters. The predicted molar refractivity (Wildman–Crippen MR) is 82.7 cm³/mol. The lowest BCUT2D eigenvalue weighted by Gasteiger charge is -2.22. The summed E-state index contributed by atoms with van der Waals surface area (Å²) in [6.07, 6.45) is 1.98. The molecule has 19 heavy (non-hydrogen) atoms. The monoisotopic (exact) mass is 257 g/mol. The number of para-hydroxylation sites is 1. The predicted octanol–water partition coefficient (Wildman–Crippen LogP) is 2.97. The van der Waals surface area contributed by atoms with Crippen molar-refractivity contribution in [2.24, 2.45) is 5.73 Å². The van der Waals surface area contributed by atoms with Gasteiger partial charge >= 0.3 is 0 Å². The molecule has 0 aliphatic heterocycles. The van der Waals surface area contributed by atoms with Gasteiger partial charge in [-0.2, -0.15) is 0 Å². The van der Waals surface area contributed by atoms with Crippen LogP contribution in [0, 0.1) is 0 Å². The van der Waals surface area contributed by atoms with E-state index in [9.17, 15) is 0 Å². The van der Waals surface area contributed by atoms with Crippen LogP contribution in [0.2, 0.25) is 0 Å². The van der Waals surface area contributed by atoms with Crippen molar-refractivity contribution in [2.75, 3.05) is 18.5 Å². The van der Waals surface area contributed by atoms with Gasteiger partial charge in [-0.25, -0.2) is 4.98 Å². The normalized spacial score (nSPS) is 12.6. The Hall–Kier alpha value is -1.61. The van der Waals surface area contributed by atoms with Crippen molar-refractivity contribution in [2.45, 2.75) is 32.7 Å². The maximum Gasteiger partial charge on any atom is 0.132 e. The molecule has 0 radical (unpaired) electrons. The number of rotatable bonds is 5. The van der Waals surface area contributed by atoms with Gasteiger partial charge in [0.15, 0.2) is 0 Å². The Bertz CT molecular complexity index is 549. The van der Waals surface area contributed by atoms with E-state index in [2.05, 4.69) is 43.1 Å². The third-order valence-corrected chi connectivity index (χ3v) is 3.24. The van der Waals surface area contributed by atoms with Crippen LogP contribution in [0.4, 0.5) is 5.82 Å². The summed E-state index contributed by atoms with van der Waals surface area (Å²) in [5.74, 6) is 1.07. The lowest BCUT2D eigenvalue weighted by Crippen LogP contribution is -2.24. The van der Waals surface area contributed by atoms with Crippen LogP contribution in [0.1, 0.15) is 25.8 Å². The molecule has 2 rings (SSSR count). The van der Waals surface area contributed by atoms with Crippen LogP contribution in [-0.2, 0) is 6.42 Å². The SMILES string of the molecule is CCCN(C)c1nc2ccccc2cc1CC(C)N. The van der Waals surface area contributed by atoms with Crippen LogP contribution in [-0.4, -0.2) is 24.6 Å². The van der Waals surface area contributed by atoms with Gasteiger partial charge in [-0.05, 0) is 37.5 Å². The van der Waals surface area contributed by atoms with Crippen molar-refractivity contribution in [3.8, 4) is 0 Å².